The predicted octanol–water partition coefficient (Wildman–Crippen LogP) is 5.52. The molecule has 3 aromatic rings. The number of aromatic nitrogens is 1. The van der Waals surface area contributed by atoms with Crippen LogP contribution in [0.1, 0.15) is 73.1 Å². The summed E-state index contributed by atoms with van der Waals surface area (Å²) in [5.41, 5.74) is 2.07. The first kappa shape index (κ1) is 30.6. The predicted molar refractivity (Wildman–Crippen MR) is 150 cm³/mol. The number of rotatable bonds is 10. The Bertz CT molecular complexity index is 1440. The van der Waals surface area contributed by atoms with Crippen LogP contribution in [-0.2, 0) is 20.7 Å². The van der Waals surface area contributed by atoms with E-state index in [-0.39, 0.29) is 28.9 Å². The Morgan fingerprint density at radius 1 is 1.00 bits per heavy atom. The number of carbonyl (C=O) groups excluding carboxylic acids is 3. The molecule has 4 rings (SSSR count). The van der Waals surface area contributed by atoms with Gasteiger partial charge in [0.05, 0.1) is 13.0 Å². The number of pyridine rings is 1. The van der Waals surface area contributed by atoms with E-state index in [1.165, 1.54) is 50.6 Å². The summed E-state index contributed by atoms with van der Waals surface area (Å²) in [6.45, 7) is 5.19. The molecule has 0 saturated heterocycles. The van der Waals surface area contributed by atoms with Crippen molar-refractivity contribution in [2.75, 3.05) is 7.11 Å². The van der Waals surface area contributed by atoms with Crippen molar-refractivity contribution < 1.29 is 37.4 Å². The Kier molecular flexibility index (Phi) is 9.88. The van der Waals surface area contributed by atoms with Crippen molar-refractivity contribution >= 4 is 17.8 Å². The maximum atomic E-state index is 14.0. The van der Waals surface area contributed by atoms with Gasteiger partial charge < -0.3 is 19.5 Å². The van der Waals surface area contributed by atoms with Crippen LogP contribution in [0, 0.1) is 17.6 Å². The number of carbonyl (C=O) groups is 3. The van der Waals surface area contributed by atoms with E-state index < -0.39 is 41.7 Å². The van der Waals surface area contributed by atoms with Gasteiger partial charge in [0, 0.05) is 18.2 Å². The van der Waals surface area contributed by atoms with Crippen molar-refractivity contribution in [2.24, 2.45) is 5.92 Å². The number of aryl methyl sites for hydroxylation is 1. The molecule has 0 spiro atoms. The lowest BCUT2D eigenvalue weighted by molar-refractivity contribution is -0.152. The molecule has 8 nitrogen and oxygen atoms in total. The third-order valence-electron chi connectivity index (χ3n) is 7.53. The van der Waals surface area contributed by atoms with E-state index in [0.29, 0.717) is 31.2 Å². The summed E-state index contributed by atoms with van der Waals surface area (Å²) in [6, 6.07) is 10.7. The molecule has 1 aliphatic carbocycles. The van der Waals surface area contributed by atoms with Crippen molar-refractivity contribution in [1.29, 1.82) is 0 Å². The molecule has 1 aromatic heterocycles. The van der Waals surface area contributed by atoms with Crippen LogP contribution in [0.25, 0.3) is 0 Å². The zero-order valence-corrected chi connectivity index (χ0v) is 24.0. The molecular weight excluding hydrogens is 546 g/mol. The quantitative estimate of drug-likeness (QED) is 0.315. The topological polar surface area (TPSA) is 104 Å². The number of hydrogen-bond donors (Lipinski definition) is 1. The van der Waals surface area contributed by atoms with Gasteiger partial charge in [-0.05, 0) is 73.6 Å². The Balaban J connectivity index is 1.53. The molecule has 0 aliphatic heterocycles. The number of ether oxygens (including phenoxy) is 3. The minimum atomic E-state index is -1.10. The van der Waals surface area contributed by atoms with Crippen molar-refractivity contribution in [3.8, 4) is 11.5 Å². The Labute approximate surface area is 243 Å². The Morgan fingerprint density at radius 2 is 1.69 bits per heavy atom. The maximum absolute atomic E-state index is 14.0. The van der Waals surface area contributed by atoms with Gasteiger partial charge in [-0.15, -0.1) is 0 Å². The van der Waals surface area contributed by atoms with Crippen LogP contribution in [0.2, 0.25) is 0 Å². The van der Waals surface area contributed by atoms with Gasteiger partial charge in [0.15, 0.2) is 11.4 Å². The van der Waals surface area contributed by atoms with E-state index in [4.69, 9.17) is 14.2 Å². The first-order chi connectivity index (χ1) is 20.2. The van der Waals surface area contributed by atoms with Crippen LogP contribution in [0.15, 0.2) is 54.7 Å². The molecule has 0 bridgehead atoms. The second-order valence-electron chi connectivity index (χ2n) is 10.2. The van der Waals surface area contributed by atoms with Crippen molar-refractivity contribution in [3.63, 3.8) is 0 Å². The van der Waals surface area contributed by atoms with Gasteiger partial charge in [0.1, 0.15) is 23.8 Å². The molecule has 1 aliphatic rings. The minimum Gasteiger partial charge on any atom is -0.493 e. The van der Waals surface area contributed by atoms with E-state index in [1.807, 2.05) is 13.8 Å². The van der Waals surface area contributed by atoms with Crippen LogP contribution in [0.5, 0.6) is 11.5 Å². The third kappa shape index (κ3) is 6.75. The second kappa shape index (κ2) is 13.5. The molecule has 2 aromatic carbocycles. The van der Waals surface area contributed by atoms with Gasteiger partial charge >= 0.3 is 11.9 Å². The number of nitrogens with one attached hydrogen (secondary N) is 1. The smallest absolute Gasteiger partial charge is 0.328 e. The van der Waals surface area contributed by atoms with Gasteiger partial charge in [-0.3, -0.25) is 9.59 Å². The molecule has 10 heteroatoms. The van der Waals surface area contributed by atoms with Gasteiger partial charge in [-0.25, -0.2) is 18.6 Å². The first-order valence-corrected chi connectivity index (χ1v) is 14.0. The number of esters is 2. The first-order valence-electron chi connectivity index (χ1n) is 14.0. The molecule has 222 valence electrons. The fourth-order valence-electron chi connectivity index (χ4n) is 5.18. The monoisotopic (exact) mass is 580 g/mol. The van der Waals surface area contributed by atoms with E-state index in [2.05, 4.69) is 10.3 Å². The largest absolute Gasteiger partial charge is 0.493 e. The number of amides is 1. The molecule has 1 amide bonds. The van der Waals surface area contributed by atoms with Gasteiger partial charge in [-0.1, -0.05) is 32.0 Å². The number of hydrogen-bond acceptors (Lipinski definition) is 7. The zero-order valence-electron chi connectivity index (χ0n) is 24.0. The van der Waals surface area contributed by atoms with Crippen molar-refractivity contribution in [2.45, 2.75) is 64.5 Å². The minimum absolute atomic E-state index is 0.137. The molecule has 1 N–H and O–H groups in total. The molecule has 2 unspecified atom stereocenters. The number of benzene rings is 2. The lowest BCUT2D eigenvalue weighted by Crippen LogP contribution is -2.43. The lowest BCUT2D eigenvalue weighted by atomic mass is 9.77. The van der Waals surface area contributed by atoms with Crippen molar-refractivity contribution in [3.05, 3.63) is 88.7 Å². The van der Waals surface area contributed by atoms with Gasteiger partial charge in [0.25, 0.3) is 5.91 Å². The molecule has 0 radical (unpaired) electrons. The Hall–Kier alpha value is -4.34. The van der Waals surface area contributed by atoms with Crippen LogP contribution in [-0.4, -0.2) is 42.1 Å². The zero-order chi connectivity index (χ0) is 30.4. The van der Waals surface area contributed by atoms with Crippen molar-refractivity contribution in [1.82, 2.24) is 10.3 Å². The second-order valence-corrected chi connectivity index (χ2v) is 10.2. The average Bonchev–Trinajstić information content (AvgIpc) is 2.98. The van der Waals surface area contributed by atoms with Gasteiger partial charge in [-0.2, -0.15) is 0 Å². The molecule has 1 heterocycles. The highest BCUT2D eigenvalue weighted by molar-refractivity contribution is 5.98. The number of fused-ring (bicyclic) bond motifs is 1. The number of nitrogens with zero attached hydrogens (tertiary/aromatic N) is 1. The molecule has 0 fully saturated rings. The summed E-state index contributed by atoms with van der Waals surface area (Å²) in [7, 11) is 1.37. The highest BCUT2D eigenvalue weighted by Crippen LogP contribution is 2.39. The van der Waals surface area contributed by atoms with E-state index in [1.54, 1.807) is 18.2 Å². The number of methoxy groups -OCH3 is 1. The normalized spacial score (nSPS) is 16.7. The SMILES string of the molecule is CCC(CC)C(=O)Oc1c(OC)ccnc1C(=O)N[C@@H](C)C(=O)OC1CCc2cc(F)ccc2C1c1ccc(F)cc1. The molecule has 0 saturated carbocycles. The average molecular weight is 581 g/mol. The van der Waals surface area contributed by atoms with Gasteiger partial charge in [0.2, 0.25) is 5.75 Å². The maximum Gasteiger partial charge on any atom is 0.328 e. The number of halogens is 2. The summed E-state index contributed by atoms with van der Waals surface area (Å²) in [5.74, 6) is -3.58. The molecular formula is C32H34F2N2O6. The molecule has 3 atom stereocenters. The van der Waals surface area contributed by atoms with E-state index >= 15 is 0 Å². The fourth-order valence-corrected chi connectivity index (χ4v) is 5.18. The summed E-state index contributed by atoms with van der Waals surface area (Å²) in [6.07, 6.45) is 2.68. The van der Waals surface area contributed by atoms with Crippen LogP contribution < -0.4 is 14.8 Å². The molecule has 42 heavy (non-hydrogen) atoms. The fraction of sp³-hybridized carbons (Fsp3) is 0.375. The van der Waals surface area contributed by atoms with Crippen LogP contribution >= 0.6 is 0 Å². The summed E-state index contributed by atoms with van der Waals surface area (Å²) in [4.78, 5) is 43.3. The highest BCUT2D eigenvalue weighted by atomic mass is 19.1. The standard InChI is InChI=1S/C32H34F2N2O6/c1-5-19(6-2)32(39)42-29-26(40-4)15-16-35-28(29)30(37)36-18(3)31(38)41-25-14-9-21-17-23(34)12-13-24(21)27(25)20-7-10-22(33)11-8-20/h7-8,10-13,15-19,25,27H,5-6,9,14H2,1-4H3,(H,36,37)/t18-,25?,27?/m0/s1. The third-order valence-corrected chi connectivity index (χ3v) is 7.53. The lowest BCUT2D eigenvalue weighted by Gasteiger charge is -2.34. The van der Waals surface area contributed by atoms with E-state index in [9.17, 15) is 23.2 Å². The highest BCUT2D eigenvalue weighted by Gasteiger charge is 2.35. The summed E-state index contributed by atoms with van der Waals surface area (Å²) < 4.78 is 44.4. The van der Waals surface area contributed by atoms with Crippen LogP contribution in [0.3, 0.4) is 0 Å². The summed E-state index contributed by atoms with van der Waals surface area (Å²) >= 11 is 0. The van der Waals surface area contributed by atoms with Crippen LogP contribution in [0.4, 0.5) is 8.78 Å². The Morgan fingerprint density at radius 3 is 2.36 bits per heavy atom. The van der Waals surface area contributed by atoms with E-state index in [0.717, 1.165) is 11.1 Å². The summed E-state index contributed by atoms with van der Waals surface area (Å²) in [5, 5.41) is 2.57.